The van der Waals surface area contributed by atoms with E-state index in [9.17, 15) is 18.7 Å². The lowest BCUT2D eigenvalue weighted by atomic mass is 9.93. The van der Waals surface area contributed by atoms with E-state index in [1.165, 1.54) is 17.5 Å². The quantitative estimate of drug-likeness (QED) is 0.223. The maximum Gasteiger partial charge on any atom is 0.333 e. The number of nitrogens with zero attached hydrogens (tertiary/aromatic N) is 4. The zero-order valence-corrected chi connectivity index (χ0v) is 22.0. The van der Waals surface area contributed by atoms with Crippen molar-refractivity contribution in [3.05, 3.63) is 89.2 Å². The van der Waals surface area contributed by atoms with Gasteiger partial charge in [-0.3, -0.25) is 9.78 Å². The highest BCUT2D eigenvalue weighted by Gasteiger charge is 2.20. The predicted molar refractivity (Wildman–Crippen MR) is 149 cm³/mol. The minimum Gasteiger partial charge on any atom is -0.481 e. The van der Waals surface area contributed by atoms with Gasteiger partial charge in [-0.1, -0.05) is 29.8 Å². The highest BCUT2D eigenvalue weighted by Crippen LogP contribution is 2.41. The minimum absolute atomic E-state index is 0.114. The molecule has 3 aromatic heterocycles. The molecular formula is C29H19ClF2N4O2S. The largest absolute Gasteiger partial charge is 0.481 e. The Morgan fingerprint density at radius 1 is 1.03 bits per heavy atom. The molecule has 0 unspecified atom stereocenters. The van der Waals surface area contributed by atoms with Crippen molar-refractivity contribution in [2.24, 2.45) is 0 Å². The van der Waals surface area contributed by atoms with Crippen LogP contribution in [0.5, 0.6) is 0 Å². The molecule has 0 saturated heterocycles. The summed E-state index contributed by atoms with van der Waals surface area (Å²) in [6.45, 7) is -0.814. The summed E-state index contributed by atoms with van der Waals surface area (Å²) in [5.41, 5.74) is 6.80. The lowest BCUT2D eigenvalue weighted by Crippen LogP contribution is -2.04. The average Bonchev–Trinajstić information content (AvgIpc) is 3.54. The second-order valence-electron chi connectivity index (χ2n) is 9.08. The van der Waals surface area contributed by atoms with E-state index in [-0.39, 0.29) is 6.42 Å². The number of aliphatic carboxylic acids is 1. The molecule has 1 N–H and O–H groups in total. The third kappa shape index (κ3) is 4.75. The molecule has 6 aromatic rings. The molecule has 0 spiro atoms. The molecule has 0 aliphatic carbocycles. The van der Waals surface area contributed by atoms with E-state index < -0.39 is 12.5 Å². The predicted octanol–water partition coefficient (Wildman–Crippen LogP) is 8.03. The smallest absolute Gasteiger partial charge is 0.333 e. The van der Waals surface area contributed by atoms with Gasteiger partial charge in [0, 0.05) is 39.5 Å². The summed E-state index contributed by atoms with van der Waals surface area (Å²) < 4.78 is 27.7. The van der Waals surface area contributed by atoms with E-state index >= 15 is 0 Å². The molecule has 0 aliphatic rings. The number of carbonyl (C=O) groups is 1. The van der Waals surface area contributed by atoms with E-state index in [0.29, 0.717) is 26.3 Å². The molecule has 194 valence electrons. The maximum absolute atomic E-state index is 13.1. The fourth-order valence-electron chi connectivity index (χ4n) is 4.69. The van der Waals surface area contributed by atoms with Gasteiger partial charge in [0.2, 0.25) is 0 Å². The molecule has 0 radical (unpaired) electrons. The van der Waals surface area contributed by atoms with Crippen LogP contribution in [-0.2, 0) is 11.2 Å². The van der Waals surface area contributed by atoms with Crippen molar-refractivity contribution in [1.82, 2.24) is 19.7 Å². The molecule has 0 bridgehead atoms. The van der Waals surface area contributed by atoms with Crippen LogP contribution in [0, 0.1) is 6.92 Å². The van der Waals surface area contributed by atoms with Crippen LogP contribution < -0.4 is 0 Å². The average molecular weight is 561 g/mol. The van der Waals surface area contributed by atoms with Crippen molar-refractivity contribution in [3.8, 4) is 33.0 Å². The molecule has 0 atom stereocenters. The number of pyridine rings is 1. The van der Waals surface area contributed by atoms with Crippen molar-refractivity contribution in [1.29, 1.82) is 0 Å². The Labute approximate surface area is 230 Å². The van der Waals surface area contributed by atoms with Crippen LogP contribution >= 0.6 is 22.9 Å². The highest BCUT2D eigenvalue weighted by molar-refractivity contribution is 7.22. The van der Waals surface area contributed by atoms with Crippen molar-refractivity contribution < 1.29 is 18.7 Å². The summed E-state index contributed by atoms with van der Waals surface area (Å²) in [5, 5.41) is 15.5. The monoisotopic (exact) mass is 560 g/mol. The molecule has 39 heavy (non-hydrogen) atoms. The van der Waals surface area contributed by atoms with Crippen LogP contribution in [0.25, 0.3) is 54.1 Å². The van der Waals surface area contributed by atoms with Gasteiger partial charge < -0.3 is 5.11 Å². The van der Waals surface area contributed by atoms with Gasteiger partial charge in [0.1, 0.15) is 5.01 Å². The molecule has 0 fully saturated rings. The third-order valence-corrected chi connectivity index (χ3v) is 7.89. The molecule has 0 amide bonds. The number of fused-ring (bicyclic) bond motifs is 2. The molecular weight excluding hydrogens is 542 g/mol. The van der Waals surface area contributed by atoms with Crippen LogP contribution in [0.3, 0.4) is 0 Å². The van der Waals surface area contributed by atoms with Crippen molar-refractivity contribution >= 4 is 50.0 Å². The Kier molecular flexibility index (Phi) is 6.32. The summed E-state index contributed by atoms with van der Waals surface area (Å²) in [7, 11) is 0. The van der Waals surface area contributed by atoms with Crippen LogP contribution in [0.4, 0.5) is 8.78 Å². The molecule has 0 aliphatic heterocycles. The first kappa shape index (κ1) is 25.1. The number of thiazole rings is 1. The molecule has 6 rings (SSSR count). The Morgan fingerprint density at radius 3 is 2.54 bits per heavy atom. The van der Waals surface area contributed by atoms with Crippen LogP contribution in [0.15, 0.2) is 73.1 Å². The van der Waals surface area contributed by atoms with Crippen LogP contribution in [0.1, 0.15) is 17.7 Å². The summed E-state index contributed by atoms with van der Waals surface area (Å²) in [4.78, 5) is 21.1. The van der Waals surface area contributed by atoms with Gasteiger partial charge in [-0.2, -0.15) is 13.9 Å². The second kappa shape index (κ2) is 9.83. The summed E-state index contributed by atoms with van der Waals surface area (Å²) in [6.07, 6.45) is 2.89. The summed E-state index contributed by atoms with van der Waals surface area (Å²) in [5.74, 6) is -0.910. The number of aromatic nitrogens is 4. The molecule has 3 aromatic carbocycles. The van der Waals surface area contributed by atoms with Crippen molar-refractivity contribution in [2.45, 2.75) is 19.9 Å². The highest BCUT2D eigenvalue weighted by atomic mass is 35.5. The lowest BCUT2D eigenvalue weighted by Gasteiger charge is -2.13. The van der Waals surface area contributed by atoms with Gasteiger partial charge >= 0.3 is 12.5 Å². The van der Waals surface area contributed by atoms with E-state index in [4.69, 9.17) is 16.6 Å². The lowest BCUT2D eigenvalue weighted by molar-refractivity contribution is -0.136. The number of carboxylic acid groups (broad SMARTS) is 1. The first-order chi connectivity index (χ1) is 18.8. The number of aryl methyl sites for hydroxylation is 1. The maximum atomic E-state index is 13.1. The van der Waals surface area contributed by atoms with Crippen LogP contribution in [-0.4, -0.2) is 30.8 Å². The van der Waals surface area contributed by atoms with Gasteiger partial charge in [0.05, 0.1) is 27.8 Å². The Hall–Kier alpha value is -4.21. The molecule has 6 nitrogen and oxygen atoms in total. The Morgan fingerprint density at radius 2 is 1.79 bits per heavy atom. The number of hydrogen-bond acceptors (Lipinski definition) is 5. The number of halogens is 3. The van der Waals surface area contributed by atoms with E-state index in [0.717, 1.165) is 48.6 Å². The molecule has 0 saturated carbocycles. The number of rotatable bonds is 6. The number of hydrogen-bond donors (Lipinski definition) is 1. The van der Waals surface area contributed by atoms with Gasteiger partial charge in [-0.25, -0.2) is 9.67 Å². The fourth-order valence-corrected chi connectivity index (χ4v) is 5.95. The zero-order chi connectivity index (χ0) is 27.3. The number of alkyl halides is 2. The standard InChI is InChI=1S/C29H19ClF2N4O2S/c1-15-10-24-27(26(21(15)13-25(37)38)16-2-5-20(30)6-3-16)39-28(34-24)18-8-9-33-23(12-18)17-4-7-22-19(11-17)14-36(35-22)29(31)32/h2-12,14,29H,13H2,1H3,(H,37,38). The normalized spacial score (nSPS) is 11.6. The fraction of sp³-hybridized carbons (Fsp3) is 0.103. The summed E-state index contributed by atoms with van der Waals surface area (Å²) in [6, 6.07) is 18.3. The van der Waals surface area contributed by atoms with Gasteiger partial charge in [-0.05, 0) is 66.1 Å². The first-order valence-corrected chi connectivity index (χ1v) is 13.1. The Bertz CT molecular complexity index is 1880. The topological polar surface area (TPSA) is 80.9 Å². The van der Waals surface area contributed by atoms with Gasteiger partial charge in [0.15, 0.2) is 0 Å². The van der Waals surface area contributed by atoms with Crippen molar-refractivity contribution in [2.75, 3.05) is 0 Å². The van der Waals surface area contributed by atoms with E-state index in [2.05, 4.69) is 10.1 Å². The molecule has 3 heterocycles. The van der Waals surface area contributed by atoms with E-state index in [1.54, 1.807) is 36.5 Å². The van der Waals surface area contributed by atoms with Gasteiger partial charge in [0.25, 0.3) is 0 Å². The number of carboxylic acids is 1. The van der Waals surface area contributed by atoms with Crippen molar-refractivity contribution in [3.63, 3.8) is 0 Å². The third-order valence-electron chi connectivity index (χ3n) is 6.50. The number of benzene rings is 3. The molecule has 10 heteroatoms. The van der Waals surface area contributed by atoms with Gasteiger partial charge in [-0.15, -0.1) is 11.3 Å². The minimum atomic E-state index is -2.71. The van der Waals surface area contributed by atoms with E-state index in [1.807, 2.05) is 37.3 Å². The Balaban J connectivity index is 1.47. The first-order valence-electron chi connectivity index (χ1n) is 11.9. The zero-order valence-electron chi connectivity index (χ0n) is 20.4. The summed E-state index contributed by atoms with van der Waals surface area (Å²) >= 11 is 7.60. The second-order valence-corrected chi connectivity index (χ2v) is 10.5. The SMILES string of the molecule is Cc1cc2nc(-c3ccnc(-c4ccc5nn(C(F)F)cc5c4)c3)sc2c(-c2ccc(Cl)cc2)c1CC(=O)O. The van der Waals surface area contributed by atoms with Crippen LogP contribution in [0.2, 0.25) is 5.02 Å².